The van der Waals surface area contributed by atoms with E-state index in [1.165, 1.54) is 0 Å². The van der Waals surface area contributed by atoms with Crippen LogP contribution >= 0.6 is 0 Å². The third kappa shape index (κ3) is 4.18. The van der Waals surface area contributed by atoms with E-state index in [0.29, 0.717) is 18.7 Å². The Morgan fingerprint density at radius 1 is 1.28 bits per heavy atom. The van der Waals surface area contributed by atoms with Gasteiger partial charge in [-0.2, -0.15) is 0 Å². The molecule has 1 atom stereocenters. The average Bonchev–Trinajstić information content (AvgIpc) is 2.39. The Kier molecular flexibility index (Phi) is 5.88. The molecule has 3 heteroatoms. The van der Waals surface area contributed by atoms with Gasteiger partial charge in [0.2, 0.25) is 0 Å². The van der Waals surface area contributed by atoms with Crippen LogP contribution in [0.1, 0.15) is 17.3 Å². The third-order valence-electron chi connectivity index (χ3n) is 2.53. The van der Waals surface area contributed by atoms with Gasteiger partial charge in [0.05, 0.1) is 5.56 Å². The molecule has 0 saturated carbocycles. The molecule has 3 nitrogen and oxygen atoms in total. The number of carbonyl (C=O) groups is 1. The van der Waals surface area contributed by atoms with Crippen LogP contribution in [0.2, 0.25) is 0 Å². The highest BCUT2D eigenvalue weighted by Crippen LogP contribution is 2.07. The Balaban J connectivity index is 2.62. The van der Waals surface area contributed by atoms with Gasteiger partial charge in [0.15, 0.2) is 6.23 Å². The molecule has 96 valence electrons. The minimum atomic E-state index is -0.318. The van der Waals surface area contributed by atoms with Gasteiger partial charge in [-0.25, -0.2) is 4.79 Å². The van der Waals surface area contributed by atoms with Gasteiger partial charge in [0.1, 0.15) is 0 Å². The highest BCUT2D eigenvalue weighted by Gasteiger charge is 2.16. The maximum atomic E-state index is 11.9. The molecule has 0 radical (unpaired) electrons. The molecular formula is C15H19NO2. The van der Waals surface area contributed by atoms with Crippen molar-refractivity contribution in [3.8, 4) is 0 Å². The second-order valence-corrected chi connectivity index (χ2v) is 3.90. The van der Waals surface area contributed by atoms with Gasteiger partial charge in [-0.15, -0.1) is 13.2 Å². The molecular weight excluding hydrogens is 226 g/mol. The van der Waals surface area contributed by atoms with Crippen LogP contribution in [0.4, 0.5) is 0 Å². The SMILES string of the molecule is C=CCN(CC=C)C(C)OC(=O)c1ccccc1. The fourth-order valence-corrected chi connectivity index (χ4v) is 1.57. The first-order valence-electron chi connectivity index (χ1n) is 5.91. The van der Waals surface area contributed by atoms with Gasteiger partial charge >= 0.3 is 5.97 Å². The number of hydrogen-bond donors (Lipinski definition) is 0. The van der Waals surface area contributed by atoms with Crippen molar-refractivity contribution in [1.82, 2.24) is 4.90 Å². The van der Waals surface area contributed by atoms with E-state index in [1.807, 2.05) is 30.0 Å². The molecule has 0 N–H and O–H groups in total. The zero-order valence-electron chi connectivity index (χ0n) is 10.7. The maximum Gasteiger partial charge on any atom is 0.339 e. The van der Waals surface area contributed by atoms with Crippen molar-refractivity contribution in [3.63, 3.8) is 0 Å². The minimum Gasteiger partial charge on any atom is -0.443 e. The summed E-state index contributed by atoms with van der Waals surface area (Å²) in [6.45, 7) is 10.5. The number of hydrogen-bond acceptors (Lipinski definition) is 3. The Hall–Kier alpha value is -1.87. The van der Waals surface area contributed by atoms with Crippen molar-refractivity contribution < 1.29 is 9.53 Å². The van der Waals surface area contributed by atoms with Crippen LogP contribution in [0.15, 0.2) is 55.6 Å². The monoisotopic (exact) mass is 245 g/mol. The standard InChI is InChI=1S/C15H19NO2/c1-4-11-16(12-5-2)13(3)18-15(17)14-9-7-6-8-10-14/h4-10,13H,1-2,11-12H2,3H3. The van der Waals surface area contributed by atoms with E-state index < -0.39 is 0 Å². The number of rotatable bonds is 7. The number of benzene rings is 1. The lowest BCUT2D eigenvalue weighted by Crippen LogP contribution is -2.36. The molecule has 0 aliphatic rings. The summed E-state index contributed by atoms with van der Waals surface area (Å²) in [4.78, 5) is 13.8. The van der Waals surface area contributed by atoms with Gasteiger partial charge in [-0.3, -0.25) is 4.90 Å². The molecule has 0 fully saturated rings. The molecule has 18 heavy (non-hydrogen) atoms. The van der Waals surface area contributed by atoms with Crippen LogP contribution in [0.25, 0.3) is 0 Å². The summed E-state index contributed by atoms with van der Waals surface area (Å²) in [5.41, 5.74) is 0.557. The third-order valence-corrected chi connectivity index (χ3v) is 2.53. The second-order valence-electron chi connectivity index (χ2n) is 3.90. The molecule has 0 amide bonds. The maximum absolute atomic E-state index is 11.9. The van der Waals surface area contributed by atoms with Crippen molar-refractivity contribution >= 4 is 5.97 Å². The van der Waals surface area contributed by atoms with E-state index in [2.05, 4.69) is 13.2 Å². The van der Waals surface area contributed by atoms with Gasteiger partial charge in [0, 0.05) is 13.1 Å². The normalized spacial score (nSPS) is 11.9. The predicted octanol–water partition coefficient (Wildman–Crippen LogP) is 2.86. The van der Waals surface area contributed by atoms with Gasteiger partial charge in [-0.05, 0) is 19.1 Å². The lowest BCUT2D eigenvalue weighted by molar-refractivity contribution is -0.0152. The Labute approximate surface area is 108 Å². The molecule has 0 aliphatic carbocycles. The van der Waals surface area contributed by atoms with Crippen LogP contribution in [-0.2, 0) is 4.74 Å². The van der Waals surface area contributed by atoms with E-state index in [1.54, 1.807) is 24.3 Å². The van der Waals surface area contributed by atoms with E-state index in [9.17, 15) is 4.79 Å². The van der Waals surface area contributed by atoms with Gasteiger partial charge in [0.25, 0.3) is 0 Å². The Bertz CT molecular complexity index is 390. The lowest BCUT2D eigenvalue weighted by Gasteiger charge is -2.26. The minimum absolute atomic E-state index is 0.311. The zero-order valence-corrected chi connectivity index (χ0v) is 10.7. The molecule has 1 aromatic rings. The number of nitrogens with zero attached hydrogens (tertiary/aromatic N) is 1. The van der Waals surface area contributed by atoms with Crippen molar-refractivity contribution in [2.75, 3.05) is 13.1 Å². The van der Waals surface area contributed by atoms with E-state index in [0.717, 1.165) is 0 Å². The van der Waals surface area contributed by atoms with E-state index in [4.69, 9.17) is 4.74 Å². The highest BCUT2D eigenvalue weighted by molar-refractivity contribution is 5.89. The summed E-state index contributed by atoms with van der Waals surface area (Å²) in [5, 5.41) is 0. The summed E-state index contributed by atoms with van der Waals surface area (Å²) in [7, 11) is 0. The molecule has 1 unspecified atom stereocenters. The summed E-state index contributed by atoms with van der Waals surface area (Å²) in [6.07, 6.45) is 3.24. The van der Waals surface area contributed by atoms with Gasteiger partial charge < -0.3 is 4.74 Å². The lowest BCUT2D eigenvalue weighted by atomic mass is 10.2. The largest absolute Gasteiger partial charge is 0.443 e. The van der Waals surface area contributed by atoms with Crippen LogP contribution in [-0.4, -0.2) is 30.2 Å². The first-order chi connectivity index (χ1) is 8.69. The molecule has 1 aromatic carbocycles. The molecule has 0 aliphatic heterocycles. The number of carbonyl (C=O) groups excluding carboxylic acids is 1. The van der Waals surface area contributed by atoms with Crippen molar-refractivity contribution in [3.05, 3.63) is 61.2 Å². The smallest absolute Gasteiger partial charge is 0.339 e. The number of esters is 1. The highest BCUT2D eigenvalue weighted by atomic mass is 16.6. The molecule has 0 saturated heterocycles. The van der Waals surface area contributed by atoms with E-state index in [-0.39, 0.29) is 12.2 Å². The van der Waals surface area contributed by atoms with Crippen molar-refractivity contribution in [2.45, 2.75) is 13.2 Å². The molecule has 0 heterocycles. The molecule has 0 bridgehead atoms. The predicted molar refractivity (Wildman–Crippen MR) is 73.3 cm³/mol. The van der Waals surface area contributed by atoms with Crippen LogP contribution in [0, 0.1) is 0 Å². The average molecular weight is 245 g/mol. The molecule has 1 rings (SSSR count). The Morgan fingerprint density at radius 3 is 2.33 bits per heavy atom. The van der Waals surface area contributed by atoms with Crippen molar-refractivity contribution in [2.24, 2.45) is 0 Å². The topological polar surface area (TPSA) is 29.5 Å². The van der Waals surface area contributed by atoms with Crippen LogP contribution in [0.5, 0.6) is 0 Å². The summed E-state index contributed by atoms with van der Waals surface area (Å²) < 4.78 is 5.40. The quantitative estimate of drug-likeness (QED) is 0.420. The fraction of sp³-hybridized carbons (Fsp3) is 0.267. The second kappa shape index (κ2) is 7.45. The summed E-state index contributed by atoms with van der Waals surface area (Å²) in [6, 6.07) is 8.96. The summed E-state index contributed by atoms with van der Waals surface area (Å²) >= 11 is 0. The first kappa shape index (κ1) is 14.2. The van der Waals surface area contributed by atoms with Crippen LogP contribution < -0.4 is 0 Å². The number of ether oxygens (including phenoxy) is 1. The molecule has 0 aromatic heterocycles. The summed E-state index contributed by atoms with van der Waals surface area (Å²) in [5.74, 6) is -0.318. The fourth-order valence-electron chi connectivity index (χ4n) is 1.57. The van der Waals surface area contributed by atoms with Gasteiger partial charge in [-0.1, -0.05) is 30.4 Å². The van der Waals surface area contributed by atoms with Crippen molar-refractivity contribution in [1.29, 1.82) is 0 Å². The Morgan fingerprint density at radius 2 is 1.83 bits per heavy atom. The first-order valence-corrected chi connectivity index (χ1v) is 5.91. The zero-order chi connectivity index (χ0) is 13.4. The van der Waals surface area contributed by atoms with Crippen LogP contribution in [0.3, 0.4) is 0 Å². The van der Waals surface area contributed by atoms with E-state index >= 15 is 0 Å². The molecule has 0 spiro atoms.